The van der Waals surface area contributed by atoms with Crippen LogP contribution in [0.3, 0.4) is 0 Å². The number of carboxylic acid groups (broad SMARTS) is 2. The van der Waals surface area contributed by atoms with Crippen LogP contribution in [-0.2, 0) is 14.4 Å². The van der Waals surface area contributed by atoms with Gasteiger partial charge >= 0.3 is 18.1 Å². The lowest BCUT2D eigenvalue weighted by Gasteiger charge is -2.08. The van der Waals surface area contributed by atoms with E-state index in [1.54, 1.807) is 30.3 Å². The van der Waals surface area contributed by atoms with Crippen molar-refractivity contribution in [2.45, 2.75) is 12.1 Å². The lowest BCUT2D eigenvalue weighted by Crippen LogP contribution is -2.21. The van der Waals surface area contributed by atoms with E-state index in [-0.39, 0.29) is 5.69 Å². The van der Waals surface area contributed by atoms with Gasteiger partial charge in [-0.25, -0.2) is 9.59 Å². The third kappa shape index (κ3) is 5.00. The Hall–Kier alpha value is -3.48. The Bertz CT molecular complexity index is 853. The number of hydrogen-bond donors (Lipinski definition) is 2. The first-order valence-electron chi connectivity index (χ1n) is 6.40. The molecule has 2 N–H and O–H groups in total. The Morgan fingerprint density at radius 3 is 2.16 bits per heavy atom. The van der Waals surface area contributed by atoms with Gasteiger partial charge in [0.05, 0.1) is 11.8 Å². The topological polar surface area (TPSA) is 128 Å². The van der Waals surface area contributed by atoms with E-state index < -0.39 is 29.8 Å². The highest BCUT2D eigenvalue weighted by atomic mass is 19.4. The van der Waals surface area contributed by atoms with Gasteiger partial charge in [0.1, 0.15) is 0 Å². The minimum atomic E-state index is -5.08. The van der Waals surface area contributed by atoms with E-state index in [2.05, 4.69) is 4.98 Å². The molecular formula is C15H9F3N2O5. The number of nitrogens with zero attached hydrogens (tertiary/aromatic N) is 2. The van der Waals surface area contributed by atoms with E-state index >= 15 is 0 Å². The summed E-state index contributed by atoms with van der Waals surface area (Å²) in [5.41, 5.74) is 0.183. The van der Waals surface area contributed by atoms with Crippen LogP contribution in [0.2, 0.25) is 0 Å². The van der Waals surface area contributed by atoms with Gasteiger partial charge in [0.25, 0.3) is 5.78 Å². The maximum atomic E-state index is 11.5. The number of carbonyl (C=O) groups excluding carboxylic acids is 1. The van der Waals surface area contributed by atoms with Gasteiger partial charge in [-0.3, -0.25) is 9.78 Å². The summed E-state index contributed by atoms with van der Waals surface area (Å²) >= 11 is 0. The minimum Gasteiger partial charge on any atom is -0.475 e. The lowest BCUT2D eigenvalue weighted by molar-refractivity contribution is -0.192. The molecule has 0 aliphatic rings. The van der Waals surface area contributed by atoms with Crippen molar-refractivity contribution in [2.24, 2.45) is 0 Å². The third-order valence-electron chi connectivity index (χ3n) is 2.82. The molecule has 1 unspecified atom stereocenters. The molecule has 1 heterocycles. The van der Waals surface area contributed by atoms with E-state index in [9.17, 15) is 22.8 Å². The van der Waals surface area contributed by atoms with Gasteiger partial charge in [-0.15, -0.1) is 0 Å². The van der Waals surface area contributed by atoms with Gasteiger partial charge < -0.3 is 10.2 Å². The van der Waals surface area contributed by atoms with Crippen molar-refractivity contribution in [2.75, 3.05) is 0 Å². The van der Waals surface area contributed by atoms with Crippen molar-refractivity contribution < 1.29 is 37.8 Å². The molecule has 1 atom stereocenters. The number of rotatable bonds is 3. The second kappa shape index (κ2) is 7.87. The summed E-state index contributed by atoms with van der Waals surface area (Å²) in [6.07, 6.45) is -3.63. The van der Waals surface area contributed by atoms with Gasteiger partial charge in [-0.2, -0.15) is 18.4 Å². The zero-order valence-electron chi connectivity index (χ0n) is 12.2. The SMILES string of the molecule is N#CC(C(=O)C(=O)O)c1nccc2ccccc12.O=C(O)C(F)(F)F. The summed E-state index contributed by atoms with van der Waals surface area (Å²) in [7, 11) is 0. The van der Waals surface area contributed by atoms with Crippen molar-refractivity contribution in [1.82, 2.24) is 4.98 Å². The number of pyridine rings is 1. The van der Waals surface area contributed by atoms with Crippen molar-refractivity contribution >= 4 is 28.5 Å². The third-order valence-corrected chi connectivity index (χ3v) is 2.82. The lowest BCUT2D eigenvalue weighted by atomic mass is 9.96. The molecule has 0 aliphatic heterocycles. The first-order chi connectivity index (χ1) is 11.6. The fourth-order valence-electron chi connectivity index (χ4n) is 1.74. The number of ketones is 1. The smallest absolute Gasteiger partial charge is 0.475 e. The summed E-state index contributed by atoms with van der Waals surface area (Å²) in [5, 5.41) is 26.2. The molecule has 0 bridgehead atoms. The fourth-order valence-corrected chi connectivity index (χ4v) is 1.74. The van der Waals surface area contributed by atoms with Gasteiger partial charge in [-0.1, -0.05) is 24.3 Å². The van der Waals surface area contributed by atoms with Crippen LogP contribution in [0.1, 0.15) is 11.6 Å². The number of carbonyl (C=O) groups is 3. The zero-order valence-corrected chi connectivity index (χ0v) is 12.2. The van der Waals surface area contributed by atoms with Gasteiger partial charge in [0, 0.05) is 11.6 Å². The summed E-state index contributed by atoms with van der Waals surface area (Å²) in [4.78, 5) is 35.0. The van der Waals surface area contributed by atoms with Crippen LogP contribution < -0.4 is 0 Å². The number of Topliss-reactive ketones (excluding diaryl/α,β-unsaturated/α-hetero) is 1. The monoisotopic (exact) mass is 354 g/mol. The number of benzene rings is 1. The molecule has 10 heteroatoms. The van der Waals surface area contributed by atoms with Crippen LogP contribution in [-0.4, -0.2) is 39.1 Å². The Kier molecular flexibility index (Phi) is 6.16. The Morgan fingerprint density at radius 2 is 1.68 bits per heavy atom. The number of halogens is 3. The molecule has 1 aromatic carbocycles. The minimum absolute atomic E-state index is 0.183. The van der Waals surface area contributed by atoms with E-state index in [1.165, 1.54) is 6.20 Å². The molecule has 0 saturated heterocycles. The molecule has 0 fully saturated rings. The Balaban J connectivity index is 0.000000381. The van der Waals surface area contributed by atoms with Crippen molar-refractivity contribution in [3.05, 3.63) is 42.2 Å². The maximum Gasteiger partial charge on any atom is 0.490 e. The Labute approximate surface area is 137 Å². The molecule has 0 spiro atoms. The maximum absolute atomic E-state index is 11.5. The predicted molar refractivity (Wildman–Crippen MR) is 76.4 cm³/mol. The number of alkyl halides is 3. The number of fused-ring (bicyclic) bond motifs is 1. The summed E-state index contributed by atoms with van der Waals surface area (Å²) < 4.78 is 31.7. The quantitative estimate of drug-likeness (QED) is 0.808. The van der Waals surface area contributed by atoms with Crippen LogP contribution in [0.15, 0.2) is 36.5 Å². The highest BCUT2D eigenvalue weighted by molar-refractivity contribution is 6.36. The molecule has 2 aromatic rings. The standard InChI is InChI=1S/C13H8N2O3.C2HF3O2/c14-7-10(12(16)13(17)18)11-9-4-2-1-3-8(9)5-6-15-11;3-2(4,5)1(6)7/h1-6,10H,(H,17,18);(H,6,7). The number of hydrogen-bond acceptors (Lipinski definition) is 5. The molecule has 25 heavy (non-hydrogen) atoms. The zero-order chi connectivity index (χ0) is 19.2. The average molecular weight is 354 g/mol. The largest absolute Gasteiger partial charge is 0.490 e. The number of nitriles is 1. The van der Waals surface area contributed by atoms with E-state index in [0.29, 0.717) is 5.39 Å². The van der Waals surface area contributed by atoms with Crippen LogP contribution in [0.5, 0.6) is 0 Å². The normalized spacial score (nSPS) is 11.6. The Morgan fingerprint density at radius 1 is 1.12 bits per heavy atom. The molecule has 0 aliphatic carbocycles. The number of carboxylic acids is 2. The molecule has 2 rings (SSSR count). The predicted octanol–water partition coefficient (Wildman–Crippen LogP) is 2.13. The first-order valence-corrected chi connectivity index (χ1v) is 6.40. The van der Waals surface area contributed by atoms with Crippen LogP contribution >= 0.6 is 0 Å². The highest BCUT2D eigenvalue weighted by Gasteiger charge is 2.38. The molecule has 0 saturated carbocycles. The number of aliphatic carboxylic acids is 2. The first kappa shape index (κ1) is 19.6. The summed E-state index contributed by atoms with van der Waals surface area (Å²) in [6, 6.07) is 10.5. The molecule has 0 radical (unpaired) electrons. The van der Waals surface area contributed by atoms with Gasteiger partial charge in [0.15, 0.2) is 5.92 Å². The molecule has 130 valence electrons. The van der Waals surface area contributed by atoms with Crippen LogP contribution in [0.4, 0.5) is 13.2 Å². The summed E-state index contributed by atoms with van der Waals surface area (Å²) in [5.74, 6) is -6.93. The van der Waals surface area contributed by atoms with Crippen molar-refractivity contribution in [1.29, 1.82) is 5.26 Å². The van der Waals surface area contributed by atoms with Crippen molar-refractivity contribution in [3.8, 4) is 6.07 Å². The molecule has 7 nitrogen and oxygen atoms in total. The second-order valence-electron chi connectivity index (χ2n) is 4.45. The number of aromatic nitrogens is 1. The van der Waals surface area contributed by atoms with Gasteiger partial charge in [0.2, 0.25) is 0 Å². The molecule has 0 amide bonds. The van der Waals surface area contributed by atoms with E-state index in [0.717, 1.165) is 5.39 Å². The molecule has 1 aromatic heterocycles. The van der Waals surface area contributed by atoms with E-state index in [4.69, 9.17) is 20.3 Å². The molecular weight excluding hydrogens is 345 g/mol. The summed E-state index contributed by atoms with van der Waals surface area (Å²) in [6.45, 7) is 0. The van der Waals surface area contributed by atoms with E-state index in [1.807, 2.05) is 6.07 Å². The van der Waals surface area contributed by atoms with Gasteiger partial charge in [-0.05, 0) is 11.5 Å². The van der Waals surface area contributed by atoms with Crippen molar-refractivity contribution in [3.63, 3.8) is 0 Å². The average Bonchev–Trinajstić information content (AvgIpc) is 2.55. The fraction of sp³-hybridized carbons (Fsp3) is 0.133. The van der Waals surface area contributed by atoms with Crippen LogP contribution in [0.25, 0.3) is 10.8 Å². The second-order valence-corrected chi connectivity index (χ2v) is 4.45. The highest BCUT2D eigenvalue weighted by Crippen LogP contribution is 2.23. The van der Waals surface area contributed by atoms with Crippen LogP contribution in [0, 0.1) is 11.3 Å².